The van der Waals surface area contributed by atoms with E-state index < -0.39 is 67.3 Å². The quantitative estimate of drug-likeness (QED) is 0.453. The number of amidine groups is 1. The molecule has 11 rings (SSSR count). The Labute approximate surface area is 250 Å². The Morgan fingerprint density at radius 1 is 1.02 bits per heavy atom. The van der Waals surface area contributed by atoms with Crippen LogP contribution in [0, 0.1) is 59.1 Å². The van der Waals surface area contributed by atoms with Crippen molar-refractivity contribution in [3.05, 3.63) is 65.2 Å². The minimum Gasteiger partial charge on any atom is -0.511 e. The van der Waals surface area contributed by atoms with E-state index in [1.54, 1.807) is 0 Å². The Morgan fingerprint density at radius 3 is 2.30 bits per heavy atom. The Kier molecular flexibility index (Phi) is 4.85. The van der Waals surface area contributed by atoms with Crippen LogP contribution >= 0.6 is 0 Å². The molecular formula is C29H25F3N4O6S2. The van der Waals surface area contributed by atoms with Gasteiger partial charge in [-0.05, 0) is 71.4 Å². The molecule has 10 atom stereocenters. The van der Waals surface area contributed by atoms with Gasteiger partial charge in [0.25, 0.3) is 21.9 Å². The SMILES string of the molecule is CS(=O)(=O)Nc1ccc2c(c1)S(=O)(=O)N=C(C1=C(O)[C@@H]3C4C5C6C(C7C4[C@@H]7C(F)(F)C56)[C@@H]3N(Cc3ccc(F)cc3)C1=O)N2. The lowest BCUT2D eigenvalue weighted by Crippen LogP contribution is -2.61. The normalized spacial score (nSPS) is 39.1. The summed E-state index contributed by atoms with van der Waals surface area (Å²) < 4.78 is 100. The van der Waals surface area contributed by atoms with E-state index in [1.807, 2.05) is 0 Å². The molecule has 2 aromatic rings. The van der Waals surface area contributed by atoms with Crippen molar-refractivity contribution in [3.63, 3.8) is 0 Å². The molecule has 2 heterocycles. The molecule has 0 spiro atoms. The van der Waals surface area contributed by atoms with Crippen molar-refractivity contribution in [1.29, 1.82) is 0 Å². The highest BCUT2D eigenvalue weighted by Crippen LogP contribution is 2.90. The molecule has 15 heteroatoms. The highest BCUT2D eigenvalue weighted by Gasteiger charge is 2.93. The topological polar surface area (TPSA) is 145 Å². The van der Waals surface area contributed by atoms with Gasteiger partial charge in [0.1, 0.15) is 22.0 Å². The molecule has 0 saturated heterocycles. The molecule has 3 N–H and O–H groups in total. The summed E-state index contributed by atoms with van der Waals surface area (Å²) in [6.07, 6.45) is 0.917. The number of hydrogen-bond acceptors (Lipinski definition) is 7. The van der Waals surface area contributed by atoms with Crippen molar-refractivity contribution in [2.24, 2.45) is 57.7 Å². The molecule has 1 amide bonds. The number of aliphatic hydroxyl groups excluding tert-OH is 1. The average Bonchev–Trinajstić information content (AvgIpc) is 3.84. The van der Waals surface area contributed by atoms with Gasteiger partial charge in [0.05, 0.1) is 11.9 Å². The number of halogens is 3. The number of aliphatic hydroxyl groups is 1. The fraction of sp³-hybridized carbons (Fsp3) is 0.448. The molecule has 230 valence electrons. The monoisotopic (exact) mass is 646 g/mol. The lowest BCUT2D eigenvalue weighted by atomic mass is 9.59. The lowest BCUT2D eigenvalue weighted by Gasteiger charge is -2.54. The second-order valence-corrected chi connectivity index (χ2v) is 16.5. The van der Waals surface area contributed by atoms with Crippen molar-refractivity contribution in [1.82, 2.24) is 4.90 Å². The minimum absolute atomic E-state index is 0.00836. The number of rotatable bonds is 5. The molecule has 7 unspecified atom stereocenters. The van der Waals surface area contributed by atoms with Gasteiger partial charge in [-0.15, -0.1) is 4.40 Å². The molecule has 2 aromatic carbocycles. The Hall–Kier alpha value is -3.59. The number of nitrogens with zero attached hydrogens (tertiary/aromatic N) is 2. The Balaban J connectivity index is 1.16. The number of nitrogens with one attached hydrogen (secondary N) is 2. The van der Waals surface area contributed by atoms with E-state index >= 15 is 8.78 Å². The van der Waals surface area contributed by atoms with E-state index in [1.165, 1.54) is 41.3 Å². The molecule has 7 saturated carbocycles. The van der Waals surface area contributed by atoms with Gasteiger partial charge in [-0.2, -0.15) is 8.42 Å². The maximum Gasteiger partial charge on any atom is 0.286 e. The summed E-state index contributed by atoms with van der Waals surface area (Å²) in [5, 5.41) is 14.7. The van der Waals surface area contributed by atoms with Crippen LogP contribution in [0.4, 0.5) is 24.5 Å². The zero-order valence-corrected chi connectivity index (χ0v) is 24.5. The van der Waals surface area contributed by atoms with E-state index in [0.717, 1.165) is 12.3 Å². The average molecular weight is 647 g/mol. The van der Waals surface area contributed by atoms with Crippen molar-refractivity contribution >= 4 is 43.2 Å². The van der Waals surface area contributed by atoms with Crippen LogP contribution in [0.15, 0.2) is 63.1 Å². The first-order valence-electron chi connectivity index (χ1n) is 14.3. The molecule has 7 aliphatic carbocycles. The van der Waals surface area contributed by atoms with E-state index in [0.29, 0.717) is 5.56 Å². The van der Waals surface area contributed by atoms with Gasteiger partial charge in [-0.25, -0.2) is 21.6 Å². The highest BCUT2D eigenvalue weighted by molar-refractivity contribution is 7.92. The van der Waals surface area contributed by atoms with E-state index in [4.69, 9.17) is 0 Å². The summed E-state index contributed by atoms with van der Waals surface area (Å²) in [6, 6.07) is 8.77. The predicted molar refractivity (Wildman–Crippen MR) is 150 cm³/mol. The van der Waals surface area contributed by atoms with Gasteiger partial charge in [-0.1, -0.05) is 12.1 Å². The number of hydrogen-bond donors (Lipinski definition) is 3. The molecule has 44 heavy (non-hydrogen) atoms. The molecule has 7 fully saturated rings. The summed E-state index contributed by atoms with van der Waals surface area (Å²) in [4.78, 5) is 15.5. The number of amides is 1. The molecule has 0 radical (unpaired) electrons. The summed E-state index contributed by atoms with van der Waals surface area (Å²) in [6.45, 7) is 0.0118. The smallest absolute Gasteiger partial charge is 0.286 e. The first kappa shape index (κ1) is 26.8. The Bertz CT molecular complexity index is 1970. The number of carbonyl (C=O) groups excluding carboxylic acids is 1. The standard InChI is InChI=1S/C29H25F3N4O6S2/c1-43(39,40)34-12-6-7-13-14(8-12)44(41,42)35-27(33-13)22-26(37)21-15-16-18-20(19-17(15)24(19)29(31,32)23(16)18)25(21)36(28(22)38)9-10-2-4-11(30)5-3-10/h2-8,15-21,23-25,34,37H,9H2,1H3,(H,33,35)/t15?,16?,17?,18?,19?,20?,21-,23+,24?,25+/m1/s1. The molecule has 8 bridgehead atoms. The van der Waals surface area contributed by atoms with Crippen molar-refractivity contribution < 1.29 is 39.9 Å². The second-order valence-electron chi connectivity index (χ2n) is 13.2. The number of benzene rings is 2. The largest absolute Gasteiger partial charge is 0.511 e. The molecule has 10 nitrogen and oxygen atoms in total. The van der Waals surface area contributed by atoms with Crippen LogP contribution in [0.3, 0.4) is 0 Å². The van der Waals surface area contributed by atoms with Gasteiger partial charge in [-0.3, -0.25) is 9.52 Å². The van der Waals surface area contributed by atoms with Crippen LogP contribution in [-0.4, -0.2) is 56.8 Å². The zero-order valence-electron chi connectivity index (χ0n) is 22.9. The zero-order chi connectivity index (χ0) is 30.8. The van der Waals surface area contributed by atoms with Gasteiger partial charge < -0.3 is 15.3 Å². The minimum atomic E-state index is -4.47. The van der Waals surface area contributed by atoms with E-state index in [9.17, 15) is 31.1 Å². The third-order valence-electron chi connectivity index (χ3n) is 11.0. The number of sulfonamides is 2. The first-order valence-corrected chi connectivity index (χ1v) is 17.6. The number of alkyl halides is 2. The molecule has 0 aromatic heterocycles. The maximum absolute atomic E-state index is 15.3. The highest BCUT2D eigenvalue weighted by atomic mass is 32.2. The van der Waals surface area contributed by atoms with Crippen molar-refractivity contribution in [2.45, 2.75) is 23.4 Å². The van der Waals surface area contributed by atoms with E-state index in [2.05, 4.69) is 14.4 Å². The predicted octanol–water partition coefficient (Wildman–Crippen LogP) is 3.18. The van der Waals surface area contributed by atoms with Crippen molar-refractivity contribution in [2.75, 3.05) is 16.3 Å². The number of fused-ring (bicyclic) bond motifs is 1. The fourth-order valence-electron chi connectivity index (χ4n) is 9.90. The van der Waals surface area contributed by atoms with Gasteiger partial charge >= 0.3 is 0 Å². The second kappa shape index (κ2) is 7.97. The summed E-state index contributed by atoms with van der Waals surface area (Å²) >= 11 is 0. The van der Waals surface area contributed by atoms with E-state index in [-0.39, 0.29) is 69.7 Å². The van der Waals surface area contributed by atoms with Crippen LogP contribution in [0.5, 0.6) is 0 Å². The number of carbonyl (C=O) groups is 1. The van der Waals surface area contributed by atoms with Gasteiger partial charge in [0.15, 0.2) is 5.84 Å². The summed E-state index contributed by atoms with van der Waals surface area (Å²) in [5.74, 6) is -8.41. The lowest BCUT2D eigenvalue weighted by molar-refractivity contribution is -0.141. The first-order chi connectivity index (χ1) is 20.7. The van der Waals surface area contributed by atoms with Crippen LogP contribution in [0.1, 0.15) is 5.56 Å². The molecule has 2 aliphatic heterocycles. The summed E-state index contributed by atoms with van der Waals surface area (Å²) in [7, 11) is -8.18. The van der Waals surface area contributed by atoms with Crippen LogP contribution in [-0.2, 0) is 31.4 Å². The number of anilines is 2. The van der Waals surface area contributed by atoms with Crippen LogP contribution in [0.2, 0.25) is 0 Å². The summed E-state index contributed by atoms with van der Waals surface area (Å²) in [5.41, 5.74) is 0.262. The maximum atomic E-state index is 15.3. The van der Waals surface area contributed by atoms with Gasteiger partial charge in [0.2, 0.25) is 10.0 Å². The molecule has 9 aliphatic rings. The molecular weight excluding hydrogens is 621 g/mol. The van der Waals surface area contributed by atoms with Crippen molar-refractivity contribution in [3.8, 4) is 0 Å². The van der Waals surface area contributed by atoms with Crippen LogP contribution < -0.4 is 10.0 Å². The van der Waals surface area contributed by atoms with Gasteiger partial charge in [0, 0.05) is 36.0 Å². The Morgan fingerprint density at radius 2 is 1.66 bits per heavy atom. The third-order valence-corrected chi connectivity index (χ3v) is 13.0. The van der Waals surface area contributed by atoms with Crippen LogP contribution in [0.25, 0.3) is 0 Å². The third kappa shape index (κ3) is 3.31. The fourth-order valence-corrected chi connectivity index (χ4v) is 11.6.